The molecule has 3 aliphatic rings. The molecule has 2 bridgehead atoms. The first-order chi connectivity index (χ1) is 6.40. The van der Waals surface area contributed by atoms with E-state index in [1.807, 2.05) is 6.92 Å². The minimum Gasteiger partial charge on any atom is -0.479 e. The van der Waals surface area contributed by atoms with E-state index in [0.717, 1.165) is 17.7 Å². The Hall–Kier alpha value is -0.730. The van der Waals surface area contributed by atoms with E-state index in [-0.39, 0.29) is 0 Å². The van der Waals surface area contributed by atoms with Crippen LogP contribution in [0.2, 0.25) is 0 Å². The third kappa shape index (κ3) is 0.930. The molecule has 0 aromatic rings. The van der Waals surface area contributed by atoms with Crippen molar-refractivity contribution in [2.75, 3.05) is 6.61 Å². The van der Waals surface area contributed by atoms with Crippen LogP contribution in [0.15, 0.2) is 5.16 Å². The zero-order valence-electron chi connectivity index (χ0n) is 7.90. The molecule has 0 unspecified atom stereocenters. The average Bonchev–Trinajstić information content (AvgIpc) is 2.74. The van der Waals surface area contributed by atoms with Crippen LogP contribution in [0.5, 0.6) is 0 Å². The highest BCUT2D eigenvalue weighted by Crippen LogP contribution is 2.52. The van der Waals surface area contributed by atoms with Crippen molar-refractivity contribution in [3.8, 4) is 0 Å². The highest BCUT2D eigenvalue weighted by atomic mass is 16.7. The van der Waals surface area contributed by atoms with Gasteiger partial charge in [0.2, 0.25) is 5.90 Å². The van der Waals surface area contributed by atoms with E-state index in [9.17, 15) is 0 Å². The lowest BCUT2D eigenvalue weighted by Crippen LogP contribution is -2.30. The maximum atomic E-state index is 5.49. The summed E-state index contributed by atoms with van der Waals surface area (Å²) in [6.45, 7) is 2.71. The van der Waals surface area contributed by atoms with E-state index in [1.54, 1.807) is 0 Å². The Labute approximate surface area is 78.1 Å². The second kappa shape index (κ2) is 2.63. The van der Waals surface area contributed by atoms with Crippen LogP contribution in [0.3, 0.4) is 0 Å². The molecule has 1 aliphatic heterocycles. The van der Waals surface area contributed by atoms with E-state index in [0.29, 0.717) is 18.6 Å². The fraction of sp³-hybridized carbons (Fsp3) is 0.900. The molecule has 1 heterocycles. The van der Waals surface area contributed by atoms with Gasteiger partial charge < -0.3 is 9.57 Å². The Kier molecular flexibility index (Phi) is 1.55. The molecule has 2 fully saturated rings. The molecular weight excluding hydrogens is 166 g/mol. The monoisotopic (exact) mass is 181 g/mol. The molecule has 0 radical (unpaired) electrons. The van der Waals surface area contributed by atoms with E-state index < -0.39 is 0 Å². The van der Waals surface area contributed by atoms with Crippen molar-refractivity contribution in [2.45, 2.75) is 32.3 Å². The van der Waals surface area contributed by atoms with E-state index in [1.165, 1.54) is 19.3 Å². The van der Waals surface area contributed by atoms with Gasteiger partial charge >= 0.3 is 0 Å². The predicted molar refractivity (Wildman–Crippen MR) is 48.3 cm³/mol. The molecule has 3 heteroatoms. The maximum Gasteiger partial charge on any atom is 0.232 e. The summed E-state index contributed by atoms with van der Waals surface area (Å²) in [5.41, 5.74) is 0. The van der Waals surface area contributed by atoms with Crippen molar-refractivity contribution in [3.05, 3.63) is 0 Å². The molecule has 2 aliphatic carbocycles. The van der Waals surface area contributed by atoms with Crippen molar-refractivity contribution >= 4 is 5.90 Å². The molecule has 4 atom stereocenters. The molecule has 3 rings (SSSR count). The van der Waals surface area contributed by atoms with Crippen LogP contribution in [0.1, 0.15) is 26.2 Å². The van der Waals surface area contributed by atoms with Crippen molar-refractivity contribution in [1.29, 1.82) is 0 Å². The molecule has 2 saturated carbocycles. The lowest BCUT2D eigenvalue weighted by atomic mass is 9.87. The van der Waals surface area contributed by atoms with Crippen LogP contribution in [0.25, 0.3) is 0 Å². The second-order valence-corrected chi connectivity index (χ2v) is 4.29. The zero-order valence-corrected chi connectivity index (χ0v) is 7.90. The van der Waals surface area contributed by atoms with E-state index in [4.69, 9.17) is 9.57 Å². The van der Waals surface area contributed by atoms with Gasteiger partial charge in [-0.1, -0.05) is 5.16 Å². The molecule has 13 heavy (non-hydrogen) atoms. The molecular formula is C10H15NO2. The summed E-state index contributed by atoms with van der Waals surface area (Å²) in [6, 6.07) is 0. The van der Waals surface area contributed by atoms with Crippen molar-refractivity contribution in [3.63, 3.8) is 0 Å². The Morgan fingerprint density at radius 3 is 3.15 bits per heavy atom. The van der Waals surface area contributed by atoms with Gasteiger partial charge in [-0.3, -0.25) is 0 Å². The summed E-state index contributed by atoms with van der Waals surface area (Å²) in [6.07, 6.45) is 4.38. The van der Waals surface area contributed by atoms with Gasteiger partial charge in [0.25, 0.3) is 0 Å². The standard InChI is InChI=1S/C10H15NO2/c1-2-12-10-8-6-3-4-7(5-6)9(8)13-11-10/h6-9H,2-5H2,1H3/t6-,7-,8+,9+/m0/s1. The van der Waals surface area contributed by atoms with E-state index in [2.05, 4.69) is 5.16 Å². The van der Waals surface area contributed by atoms with Crippen LogP contribution in [-0.4, -0.2) is 18.6 Å². The zero-order chi connectivity index (χ0) is 8.84. The van der Waals surface area contributed by atoms with Gasteiger partial charge in [0.15, 0.2) is 0 Å². The smallest absolute Gasteiger partial charge is 0.232 e. The Morgan fingerprint density at radius 1 is 1.46 bits per heavy atom. The van der Waals surface area contributed by atoms with Gasteiger partial charge in [0.05, 0.1) is 12.5 Å². The molecule has 0 aromatic carbocycles. The highest BCUT2D eigenvalue weighted by Gasteiger charge is 2.55. The number of ether oxygens (including phenoxy) is 1. The van der Waals surface area contributed by atoms with Gasteiger partial charge in [0.1, 0.15) is 6.10 Å². The third-order valence-electron chi connectivity index (χ3n) is 3.68. The van der Waals surface area contributed by atoms with Crippen LogP contribution in [-0.2, 0) is 9.57 Å². The molecule has 72 valence electrons. The van der Waals surface area contributed by atoms with Gasteiger partial charge in [0, 0.05) is 0 Å². The topological polar surface area (TPSA) is 30.8 Å². The number of nitrogens with zero attached hydrogens (tertiary/aromatic N) is 1. The maximum absolute atomic E-state index is 5.49. The SMILES string of the molecule is CCOC1=NO[C@@H]2[C@H]3CC[C@@H](C3)[C@@H]12. The number of oxime groups is 1. The summed E-state index contributed by atoms with van der Waals surface area (Å²) < 4.78 is 5.49. The second-order valence-electron chi connectivity index (χ2n) is 4.29. The molecule has 3 nitrogen and oxygen atoms in total. The van der Waals surface area contributed by atoms with Crippen molar-refractivity contribution in [2.24, 2.45) is 22.9 Å². The normalized spacial score (nSPS) is 45.8. The van der Waals surface area contributed by atoms with Crippen LogP contribution in [0, 0.1) is 17.8 Å². The molecule has 0 amide bonds. The summed E-state index contributed by atoms with van der Waals surface area (Å²) in [4.78, 5) is 5.44. The lowest BCUT2D eigenvalue weighted by molar-refractivity contribution is 0.0274. The van der Waals surface area contributed by atoms with Gasteiger partial charge in [-0.05, 0) is 38.0 Å². The largest absolute Gasteiger partial charge is 0.479 e. The molecule has 0 aromatic heterocycles. The van der Waals surface area contributed by atoms with Gasteiger partial charge in [-0.25, -0.2) is 0 Å². The predicted octanol–water partition coefficient (Wildman–Crippen LogP) is 1.78. The summed E-state index contributed by atoms with van der Waals surface area (Å²) in [7, 11) is 0. The van der Waals surface area contributed by atoms with Gasteiger partial charge in [-0.15, -0.1) is 0 Å². The Bertz CT molecular complexity index is 251. The number of rotatable bonds is 1. The first-order valence-corrected chi connectivity index (χ1v) is 5.26. The molecule has 0 N–H and O–H groups in total. The van der Waals surface area contributed by atoms with Crippen molar-refractivity contribution < 1.29 is 9.57 Å². The van der Waals surface area contributed by atoms with E-state index >= 15 is 0 Å². The Balaban J connectivity index is 1.81. The third-order valence-corrected chi connectivity index (χ3v) is 3.68. The lowest BCUT2D eigenvalue weighted by Gasteiger charge is -2.22. The quantitative estimate of drug-likeness (QED) is 0.617. The molecule has 0 saturated heterocycles. The summed E-state index contributed by atoms with van der Waals surface area (Å²) in [5.74, 6) is 2.93. The number of hydrogen-bond donors (Lipinski definition) is 0. The minimum atomic E-state index is 0.361. The molecule has 0 spiro atoms. The number of fused-ring (bicyclic) bond motifs is 5. The number of hydrogen-bond acceptors (Lipinski definition) is 3. The fourth-order valence-electron chi connectivity index (χ4n) is 3.18. The summed E-state index contributed by atoms with van der Waals surface area (Å²) in [5, 5.41) is 4.05. The van der Waals surface area contributed by atoms with Crippen molar-refractivity contribution in [1.82, 2.24) is 0 Å². The van der Waals surface area contributed by atoms with Crippen LogP contribution >= 0.6 is 0 Å². The van der Waals surface area contributed by atoms with Crippen LogP contribution in [0.4, 0.5) is 0 Å². The fourth-order valence-corrected chi connectivity index (χ4v) is 3.18. The Morgan fingerprint density at radius 2 is 2.31 bits per heavy atom. The summed E-state index contributed by atoms with van der Waals surface area (Å²) >= 11 is 0. The van der Waals surface area contributed by atoms with Gasteiger partial charge in [-0.2, -0.15) is 0 Å². The van der Waals surface area contributed by atoms with Crippen LogP contribution < -0.4 is 0 Å². The first-order valence-electron chi connectivity index (χ1n) is 5.26. The average molecular weight is 181 g/mol. The highest BCUT2D eigenvalue weighted by molar-refractivity contribution is 5.81. The first kappa shape index (κ1) is 7.65. The minimum absolute atomic E-state index is 0.361.